The molecule has 0 unspecified atom stereocenters. The number of phenolic OH excluding ortho intramolecular Hbond substituents is 1. The molecule has 4 atom stereocenters. The van der Waals surface area contributed by atoms with Crippen molar-refractivity contribution in [1.29, 1.82) is 0 Å². The SMILES string of the molecule is CCCCCCCC(=O)NCCCC[C@H](NC(=O)[C@@H](N)Cc1cn(C(c2ccccc2)(c2ccccc2)c2ccccc2)cn1)C(=O)N[C@H](Cc1cccnc1)C(=O)N[C@@H](Cc1ccc(O)cc1)C(=O)O. The highest BCUT2D eigenvalue weighted by atomic mass is 16.4. The Bertz CT molecular complexity index is 2500. The maximum Gasteiger partial charge on any atom is 0.326 e. The third-order valence-corrected chi connectivity index (χ3v) is 12.5. The van der Waals surface area contributed by atoms with Crippen LogP contribution >= 0.6 is 0 Å². The summed E-state index contributed by atoms with van der Waals surface area (Å²) in [5.41, 5.74) is 10.5. The van der Waals surface area contributed by atoms with Crippen LogP contribution < -0.4 is 27.0 Å². The molecule has 0 spiro atoms. The third kappa shape index (κ3) is 15.2. The number of imidazole rings is 1. The number of phenols is 1. The largest absolute Gasteiger partial charge is 0.508 e. The van der Waals surface area contributed by atoms with Gasteiger partial charge in [0.15, 0.2) is 0 Å². The fourth-order valence-corrected chi connectivity index (χ4v) is 8.76. The molecule has 0 fully saturated rings. The quantitative estimate of drug-likeness (QED) is 0.0212. The first-order valence-electron chi connectivity index (χ1n) is 24.5. The number of carbonyl (C=O) groups excluding carboxylic acids is 4. The number of aromatic nitrogens is 3. The van der Waals surface area contributed by atoms with Crippen LogP contribution in [-0.2, 0) is 48.8 Å². The highest BCUT2D eigenvalue weighted by molar-refractivity contribution is 5.94. The maximum atomic E-state index is 14.4. The number of carboxylic acid groups (broad SMARTS) is 1. The number of nitrogens with two attached hydrogens (primary N) is 1. The molecule has 0 bridgehead atoms. The van der Waals surface area contributed by atoms with E-state index in [9.17, 15) is 34.2 Å². The molecule has 0 aliphatic heterocycles. The lowest BCUT2D eigenvalue weighted by Crippen LogP contribution is -2.58. The van der Waals surface area contributed by atoms with Gasteiger partial charge >= 0.3 is 5.97 Å². The number of pyridine rings is 1. The molecule has 8 N–H and O–H groups in total. The first-order chi connectivity index (χ1) is 34.5. The second kappa shape index (κ2) is 26.9. The van der Waals surface area contributed by atoms with Gasteiger partial charge in [-0.15, -0.1) is 0 Å². The Hall–Kier alpha value is -7.65. The fourth-order valence-electron chi connectivity index (χ4n) is 8.76. The summed E-state index contributed by atoms with van der Waals surface area (Å²) in [6.07, 6.45) is 13.3. The number of hydrogen-bond donors (Lipinski definition) is 7. The molecule has 15 nitrogen and oxygen atoms in total. The summed E-state index contributed by atoms with van der Waals surface area (Å²) in [6.45, 7) is 2.52. The predicted octanol–water partition coefficient (Wildman–Crippen LogP) is 6.37. The van der Waals surface area contributed by atoms with Crippen LogP contribution in [0.3, 0.4) is 0 Å². The first kappa shape index (κ1) is 52.7. The van der Waals surface area contributed by atoms with E-state index in [0.717, 1.165) is 48.8 Å². The third-order valence-electron chi connectivity index (χ3n) is 12.5. The predicted molar refractivity (Wildman–Crippen MR) is 272 cm³/mol. The Morgan fingerprint density at radius 2 is 1.21 bits per heavy atom. The van der Waals surface area contributed by atoms with Crippen molar-refractivity contribution in [3.63, 3.8) is 0 Å². The molecule has 0 radical (unpaired) electrons. The number of hydrogen-bond acceptors (Lipinski definition) is 9. The minimum atomic E-state index is -1.37. The van der Waals surface area contributed by atoms with Gasteiger partial charge < -0.3 is 41.8 Å². The number of benzene rings is 4. The molecule has 6 aromatic rings. The number of amides is 4. The van der Waals surface area contributed by atoms with Crippen LogP contribution in [0.4, 0.5) is 0 Å². The van der Waals surface area contributed by atoms with E-state index in [-0.39, 0.29) is 37.3 Å². The monoisotopic (exact) mass is 963 g/mol. The maximum absolute atomic E-state index is 14.4. The molecular weight excluding hydrogens is 897 g/mol. The van der Waals surface area contributed by atoms with E-state index in [1.54, 1.807) is 43.0 Å². The van der Waals surface area contributed by atoms with Gasteiger partial charge in [0.2, 0.25) is 23.6 Å². The second-order valence-electron chi connectivity index (χ2n) is 17.9. The lowest BCUT2D eigenvalue weighted by atomic mass is 9.77. The summed E-state index contributed by atoms with van der Waals surface area (Å²) in [7, 11) is 0. The molecule has 0 aliphatic rings. The highest BCUT2D eigenvalue weighted by Gasteiger charge is 2.39. The topological polar surface area (TPSA) is 231 Å². The van der Waals surface area contributed by atoms with Crippen molar-refractivity contribution in [3.05, 3.63) is 186 Å². The summed E-state index contributed by atoms with van der Waals surface area (Å²) < 4.78 is 2.03. The van der Waals surface area contributed by atoms with Crippen LogP contribution in [-0.4, -0.2) is 85.1 Å². The molecule has 4 aromatic carbocycles. The summed E-state index contributed by atoms with van der Waals surface area (Å²) in [5, 5.41) is 31.0. The average Bonchev–Trinajstić information content (AvgIpc) is 3.85. The smallest absolute Gasteiger partial charge is 0.326 e. The van der Waals surface area contributed by atoms with Gasteiger partial charge in [-0.1, -0.05) is 142 Å². The normalized spacial score (nSPS) is 13.0. The van der Waals surface area contributed by atoms with Crippen molar-refractivity contribution in [2.24, 2.45) is 5.73 Å². The number of nitrogens with zero attached hydrogens (tertiary/aromatic N) is 3. The van der Waals surface area contributed by atoms with Crippen molar-refractivity contribution in [1.82, 2.24) is 35.8 Å². The molecule has 0 saturated carbocycles. The van der Waals surface area contributed by atoms with Gasteiger partial charge in [-0.3, -0.25) is 24.2 Å². The van der Waals surface area contributed by atoms with Crippen molar-refractivity contribution in [3.8, 4) is 5.75 Å². The van der Waals surface area contributed by atoms with E-state index in [4.69, 9.17) is 10.7 Å². The van der Waals surface area contributed by atoms with E-state index in [1.807, 2.05) is 65.4 Å². The fraction of sp³-hybridized carbons (Fsp3) is 0.339. The Morgan fingerprint density at radius 1 is 0.634 bits per heavy atom. The van der Waals surface area contributed by atoms with Crippen LogP contribution in [0.15, 0.2) is 152 Å². The first-order valence-corrected chi connectivity index (χ1v) is 24.5. The van der Waals surface area contributed by atoms with Crippen LogP contribution in [0.2, 0.25) is 0 Å². The lowest BCUT2D eigenvalue weighted by molar-refractivity contribution is -0.142. The second-order valence-corrected chi connectivity index (χ2v) is 17.9. The summed E-state index contributed by atoms with van der Waals surface area (Å²) in [4.78, 5) is 76.4. The lowest BCUT2D eigenvalue weighted by Gasteiger charge is -2.37. The molecule has 71 heavy (non-hydrogen) atoms. The van der Waals surface area contributed by atoms with Gasteiger partial charge in [-0.2, -0.15) is 0 Å². The van der Waals surface area contributed by atoms with Crippen molar-refractivity contribution < 1.29 is 34.2 Å². The van der Waals surface area contributed by atoms with E-state index in [0.29, 0.717) is 42.6 Å². The van der Waals surface area contributed by atoms with E-state index >= 15 is 0 Å². The van der Waals surface area contributed by atoms with Crippen LogP contribution in [0.1, 0.15) is 98.2 Å². The zero-order valence-electron chi connectivity index (χ0n) is 40.3. The standard InChI is InChI=1S/C56H66N8O7/c1-2-3-4-5-15-27-51(66)59-33-17-16-26-48(53(68)62-49(35-41-19-18-32-58-37-41)54(69)63-50(55(70)71)34-40-28-30-46(65)31-29-40)61-52(67)47(57)36-45-38-64(39-60-45)56(42-20-9-6-10-21-42,43-22-11-7-12-23-43)44-24-13-8-14-25-44/h6-14,18-25,28-32,37-39,47-50,65H,2-5,15-17,26-27,33-36,57H2,1H3,(H,59,66)(H,61,67)(H,62,68)(H,63,69)(H,70,71)/t47-,48-,49+,50-/m0/s1. The van der Waals surface area contributed by atoms with E-state index in [2.05, 4.69) is 69.6 Å². The Labute approximate surface area is 415 Å². The Morgan fingerprint density at radius 3 is 1.80 bits per heavy atom. The number of carbonyl (C=O) groups is 5. The number of aliphatic carboxylic acids is 1. The Balaban J connectivity index is 1.21. The molecular formula is C56H66N8O7. The van der Waals surface area contributed by atoms with Crippen LogP contribution in [0.25, 0.3) is 0 Å². The van der Waals surface area contributed by atoms with Gasteiger partial charge in [0, 0.05) is 50.8 Å². The zero-order chi connectivity index (χ0) is 50.4. The van der Waals surface area contributed by atoms with Crippen LogP contribution in [0, 0.1) is 0 Å². The van der Waals surface area contributed by atoms with Gasteiger partial charge in [-0.25, -0.2) is 9.78 Å². The number of aromatic hydroxyl groups is 1. The van der Waals surface area contributed by atoms with Gasteiger partial charge in [0.25, 0.3) is 0 Å². The molecule has 2 aromatic heterocycles. The number of unbranched alkanes of at least 4 members (excludes halogenated alkanes) is 5. The van der Waals surface area contributed by atoms with Crippen molar-refractivity contribution in [2.45, 2.75) is 114 Å². The number of carboxylic acids is 1. The minimum Gasteiger partial charge on any atom is -0.508 e. The summed E-state index contributed by atoms with van der Waals surface area (Å²) in [5.74, 6) is -3.39. The van der Waals surface area contributed by atoms with Gasteiger partial charge in [-0.05, 0) is 71.7 Å². The zero-order valence-corrected chi connectivity index (χ0v) is 40.3. The van der Waals surface area contributed by atoms with Crippen LogP contribution in [0.5, 0.6) is 5.75 Å². The van der Waals surface area contributed by atoms with Crippen molar-refractivity contribution >= 4 is 29.6 Å². The highest BCUT2D eigenvalue weighted by Crippen LogP contribution is 2.40. The number of rotatable bonds is 28. The molecule has 372 valence electrons. The van der Waals surface area contributed by atoms with Crippen molar-refractivity contribution in [2.75, 3.05) is 6.54 Å². The van der Waals surface area contributed by atoms with Gasteiger partial charge in [0.1, 0.15) is 29.4 Å². The molecule has 6 rings (SSSR count). The molecule has 15 heteroatoms. The Kier molecular flexibility index (Phi) is 20.0. The molecule has 2 heterocycles. The van der Waals surface area contributed by atoms with E-state index < -0.39 is 53.4 Å². The molecule has 4 amide bonds. The minimum absolute atomic E-state index is 0.00719. The molecule has 0 aliphatic carbocycles. The summed E-state index contributed by atoms with van der Waals surface area (Å²) in [6, 6.07) is 34.7. The summed E-state index contributed by atoms with van der Waals surface area (Å²) >= 11 is 0. The molecule has 0 saturated heterocycles. The van der Waals surface area contributed by atoms with E-state index in [1.165, 1.54) is 12.1 Å². The van der Waals surface area contributed by atoms with Gasteiger partial charge in [0.05, 0.1) is 18.1 Å². The number of nitrogens with one attached hydrogen (secondary N) is 4. The average molecular weight is 963 g/mol.